The molecule has 0 N–H and O–H groups in total. The van der Waals surface area contributed by atoms with E-state index in [0.29, 0.717) is 0 Å². The Morgan fingerprint density at radius 2 is 0.750 bits per heavy atom. The quantitative estimate of drug-likeness (QED) is 0.563. The SMILES string of the molecule is [CH3-].[CH3-].[CH3-].[H-].[Pt]. The van der Waals surface area contributed by atoms with Crippen molar-refractivity contribution in [2.24, 2.45) is 0 Å². The van der Waals surface area contributed by atoms with Crippen LogP contribution in [-0.2, 0) is 21.1 Å². The molecule has 0 aromatic carbocycles. The van der Waals surface area contributed by atoms with Gasteiger partial charge in [0.05, 0.1) is 0 Å². The molecule has 0 saturated carbocycles. The van der Waals surface area contributed by atoms with E-state index in [1.54, 1.807) is 0 Å². The summed E-state index contributed by atoms with van der Waals surface area (Å²) >= 11 is 0. The minimum absolute atomic E-state index is 0. The van der Waals surface area contributed by atoms with E-state index < -0.39 is 0 Å². The van der Waals surface area contributed by atoms with Gasteiger partial charge in [0.25, 0.3) is 0 Å². The van der Waals surface area contributed by atoms with E-state index in [0.717, 1.165) is 0 Å². The van der Waals surface area contributed by atoms with Gasteiger partial charge in [-0.3, -0.25) is 0 Å². The average molecular weight is 241 g/mol. The number of rotatable bonds is 0. The van der Waals surface area contributed by atoms with Crippen molar-refractivity contribution in [1.29, 1.82) is 0 Å². The molecule has 0 nitrogen and oxygen atoms in total. The Labute approximate surface area is 45.4 Å². The maximum absolute atomic E-state index is 0. The van der Waals surface area contributed by atoms with Gasteiger partial charge >= 0.3 is 0 Å². The van der Waals surface area contributed by atoms with Crippen molar-refractivity contribution < 1.29 is 22.5 Å². The van der Waals surface area contributed by atoms with Gasteiger partial charge in [0.1, 0.15) is 0 Å². The summed E-state index contributed by atoms with van der Waals surface area (Å²) in [5.74, 6) is 0. The Hall–Kier alpha value is 0.688. The zero-order valence-corrected chi connectivity index (χ0v) is 5.59. The van der Waals surface area contributed by atoms with Crippen LogP contribution in [0.3, 0.4) is 0 Å². The molecule has 0 aromatic heterocycles. The van der Waals surface area contributed by atoms with Crippen LogP contribution >= 0.6 is 0 Å². The number of hydrogen-bond acceptors (Lipinski definition) is 0. The molecule has 0 unspecified atom stereocenters. The number of hydrogen-bond donors (Lipinski definition) is 0. The second-order valence-corrected chi connectivity index (χ2v) is 0. The van der Waals surface area contributed by atoms with Crippen molar-refractivity contribution in [2.75, 3.05) is 0 Å². The molecule has 36 valence electrons. The molecule has 0 aliphatic carbocycles. The molecule has 0 radical (unpaired) electrons. The fourth-order valence-corrected chi connectivity index (χ4v) is 0. The largest absolute Gasteiger partial charge is 1.00 e. The van der Waals surface area contributed by atoms with Crippen molar-refractivity contribution in [3.05, 3.63) is 22.3 Å². The van der Waals surface area contributed by atoms with Crippen molar-refractivity contribution in [1.82, 2.24) is 0 Å². The standard InChI is InChI=1S/3CH3.Pt.H/h3*1H3;;/q3*-1;;-1. The molecule has 0 aliphatic heterocycles. The van der Waals surface area contributed by atoms with Gasteiger partial charge in [-0.05, 0) is 0 Å². The molecular formula is C3H10Pt-4. The maximum Gasteiger partial charge on any atom is 0 e. The van der Waals surface area contributed by atoms with Gasteiger partial charge in [-0.2, -0.15) is 0 Å². The first kappa shape index (κ1) is 135. The first-order valence-corrected chi connectivity index (χ1v) is 0. The fraction of sp³-hybridized carbons (Fsp3) is 0. The summed E-state index contributed by atoms with van der Waals surface area (Å²) in [5, 5.41) is 0. The zero-order valence-electron chi connectivity index (χ0n) is 4.32. The Kier molecular flexibility index (Phi) is 1890. The maximum atomic E-state index is 0. The third-order valence-corrected chi connectivity index (χ3v) is 0. The van der Waals surface area contributed by atoms with Crippen molar-refractivity contribution in [3.8, 4) is 0 Å². The van der Waals surface area contributed by atoms with Crippen molar-refractivity contribution >= 4 is 0 Å². The molecule has 0 aliphatic rings. The van der Waals surface area contributed by atoms with Crippen LogP contribution in [-0.4, -0.2) is 0 Å². The normalized spacial score (nSPS) is 0. The summed E-state index contributed by atoms with van der Waals surface area (Å²) in [6, 6.07) is 0. The Morgan fingerprint density at radius 3 is 0.750 bits per heavy atom. The first-order chi connectivity index (χ1) is 0. The van der Waals surface area contributed by atoms with Gasteiger partial charge in [0, 0.05) is 21.1 Å². The average Bonchev–Trinajstić information content (AvgIpc) is 0. The van der Waals surface area contributed by atoms with E-state index >= 15 is 0 Å². The van der Waals surface area contributed by atoms with E-state index in [2.05, 4.69) is 0 Å². The van der Waals surface area contributed by atoms with Gasteiger partial charge in [-0.25, -0.2) is 0 Å². The van der Waals surface area contributed by atoms with Crippen LogP contribution < -0.4 is 0 Å². The predicted octanol–water partition coefficient (Wildman–Crippen LogP) is 1.46. The summed E-state index contributed by atoms with van der Waals surface area (Å²) < 4.78 is 0. The van der Waals surface area contributed by atoms with Gasteiger partial charge < -0.3 is 23.7 Å². The van der Waals surface area contributed by atoms with Crippen LogP contribution in [0, 0.1) is 22.3 Å². The Morgan fingerprint density at radius 1 is 0.750 bits per heavy atom. The van der Waals surface area contributed by atoms with Crippen LogP contribution in [0.2, 0.25) is 0 Å². The second kappa shape index (κ2) is 56.3. The molecule has 0 aromatic rings. The van der Waals surface area contributed by atoms with Crippen LogP contribution in [0.4, 0.5) is 0 Å². The van der Waals surface area contributed by atoms with Gasteiger partial charge in [0.2, 0.25) is 0 Å². The van der Waals surface area contributed by atoms with Crippen molar-refractivity contribution in [2.45, 2.75) is 0 Å². The summed E-state index contributed by atoms with van der Waals surface area (Å²) in [7, 11) is 0. The smallest absolute Gasteiger partial charge is 0 e. The molecule has 1 heteroatoms. The van der Waals surface area contributed by atoms with E-state index in [4.69, 9.17) is 0 Å². The van der Waals surface area contributed by atoms with Crippen LogP contribution in [0.5, 0.6) is 0 Å². The minimum atomic E-state index is 0. The summed E-state index contributed by atoms with van der Waals surface area (Å²) in [4.78, 5) is 0. The molecule has 0 heterocycles. The van der Waals surface area contributed by atoms with Crippen LogP contribution in [0.15, 0.2) is 0 Å². The monoisotopic (exact) mass is 241 g/mol. The molecule has 0 atom stereocenters. The summed E-state index contributed by atoms with van der Waals surface area (Å²) in [5.41, 5.74) is 0. The molecule has 0 rings (SSSR count). The predicted molar refractivity (Wildman–Crippen MR) is 20.4 cm³/mol. The fourth-order valence-electron chi connectivity index (χ4n) is 0. The van der Waals surface area contributed by atoms with E-state index in [9.17, 15) is 0 Å². The first-order valence-electron chi connectivity index (χ1n) is 0. The van der Waals surface area contributed by atoms with E-state index in [1.165, 1.54) is 0 Å². The zero-order chi connectivity index (χ0) is 0. The van der Waals surface area contributed by atoms with Crippen LogP contribution in [0.1, 0.15) is 1.43 Å². The molecule has 0 amide bonds. The molecule has 0 bridgehead atoms. The second-order valence-electron chi connectivity index (χ2n) is 0. The third kappa shape index (κ3) is 16.2. The molecule has 0 spiro atoms. The Balaban J connectivity index is 0. The minimum Gasteiger partial charge on any atom is -1.00 e. The Bertz CT molecular complexity index is 6.85. The van der Waals surface area contributed by atoms with E-state index in [-0.39, 0.29) is 44.8 Å². The topological polar surface area (TPSA) is 0 Å². The third-order valence-electron chi connectivity index (χ3n) is 0. The molecular weight excluding hydrogens is 231 g/mol. The molecule has 4 heavy (non-hydrogen) atoms. The van der Waals surface area contributed by atoms with Crippen LogP contribution in [0.25, 0.3) is 0 Å². The summed E-state index contributed by atoms with van der Waals surface area (Å²) in [6.45, 7) is 0. The van der Waals surface area contributed by atoms with Gasteiger partial charge in [-0.1, -0.05) is 0 Å². The molecule has 0 saturated heterocycles. The van der Waals surface area contributed by atoms with Gasteiger partial charge in [0.15, 0.2) is 0 Å². The van der Waals surface area contributed by atoms with Gasteiger partial charge in [-0.15, -0.1) is 0 Å². The van der Waals surface area contributed by atoms with Crippen molar-refractivity contribution in [3.63, 3.8) is 0 Å². The van der Waals surface area contributed by atoms with E-state index in [1.807, 2.05) is 0 Å². The summed E-state index contributed by atoms with van der Waals surface area (Å²) in [6.07, 6.45) is 0. The molecule has 0 fully saturated rings.